The van der Waals surface area contributed by atoms with Gasteiger partial charge in [0.25, 0.3) is 0 Å². The van der Waals surface area contributed by atoms with Crippen molar-refractivity contribution in [2.45, 2.75) is 48.4 Å². The van der Waals surface area contributed by atoms with E-state index in [1.54, 1.807) is 0 Å². The van der Waals surface area contributed by atoms with E-state index in [0.717, 1.165) is 38.6 Å². The first-order valence-electron chi connectivity index (χ1n) is 8.67. The fraction of sp³-hybridized carbons (Fsp3) is 0.611. The van der Waals surface area contributed by atoms with Gasteiger partial charge in [-0.25, -0.2) is 0 Å². The second-order valence-electron chi connectivity index (χ2n) is 6.31. The molecular formula is C18H27N3OS. The van der Waals surface area contributed by atoms with E-state index in [0.29, 0.717) is 10.9 Å². The van der Waals surface area contributed by atoms with Crippen LogP contribution in [0.25, 0.3) is 0 Å². The highest BCUT2D eigenvalue weighted by Gasteiger charge is 2.43. The summed E-state index contributed by atoms with van der Waals surface area (Å²) in [7, 11) is 0. The van der Waals surface area contributed by atoms with Crippen molar-refractivity contribution in [1.29, 1.82) is 0 Å². The minimum atomic E-state index is 0.299. The molecule has 0 aromatic heterocycles. The highest BCUT2D eigenvalue weighted by atomic mass is 32.2. The molecule has 2 fully saturated rings. The number of benzene rings is 1. The van der Waals surface area contributed by atoms with Crippen LogP contribution in [-0.4, -0.2) is 43.1 Å². The quantitative estimate of drug-likeness (QED) is 0.595. The third-order valence-corrected chi connectivity index (χ3v) is 5.75. The van der Waals surface area contributed by atoms with Crippen LogP contribution in [0.3, 0.4) is 0 Å². The Bertz CT molecular complexity index is 510. The zero-order valence-corrected chi connectivity index (χ0v) is 14.7. The highest BCUT2D eigenvalue weighted by Crippen LogP contribution is 2.51. The molecule has 1 saturated heterocycles. The molecule has 23 heavy (non-hydrogen) atoms. The Balaban J connectivity index is 1.52. The van der Waals surface area contributed by atoms with E-state index in [1.807, 2.05) is 11.8 Å². The van der Waals surface area contributed by atoms with Crippen molar-refractivity contribution in [3.63, 3.8) is 0 Å². The minimum absolute atomic E-state index is 0.299. The molecule has 3 rings (SSSR count). The normalized spacial score (nSPS) is 22.8. The van der Waals surface area contributed by atoms with Gasteiger partial charge >= 0.3 is 0 Å². The maximum atomic E-state index is 5.67. The summed E-state index contributed by atoms with van der Waals surface area (Å²) in [4.78, 5) is 6.17. The second-order valence-corrected chi connectivity index (χ2v) is 7.85. The average molecular weight is 334 g/mol. The Hall–Kier alpha value is -1.20. The van der Waals surface area contributed by atoms with Gasteiger partial charge < -0.3 is 15.4 Å². The van der Waals surface area contributed by atoms with E-state index in [-0.39, 0.29) is 0 Å². The minimum Gasteiger partial charge on any atom is -0.376 e. The maximum Gasteiger partial charge on any atom is 0.191 e. The van der Waals surface area contributed by atoms with Gasteiger partial charge in [0.05, 0.1) is 12.6 Å². The summed E-state index contributed by atoms with van der Waals surface area (Å²) in [6, 6.07) is 10.7. The van der Waals surface area contributed by atoms with Crippen LogP contribution in [0.1, 0.15) is 32.6 Å². The molecule has 5 heteroatoms. The lowest BCUT2D eigenvalue weighted by Crippen LogP contribution is -2.41. The van der Waals surface area contributed by atoms with Crippen LogP contribution in [0, 0.1) is 0 Å². The van der Waals surface area contributed by atoms with Gasteiger partial charge in [-0.05, 0) is 44.7 Å². The zero-order valence-electron chi connectivity index (χ0n) is 13.9. The van der Waals surface area contributed by atoms with Gasteiger partial charge in [0, 0.05) is 29.3 Å². The second kappa shape index (κ2) is 8.06. The van der Waals surface area contributed by atoms with Crippen LogP contribution in [0.5, 0.6) is 0 Å². The molecule has 1 aliphatic heterocycles. The maximum absolute atomic E-state index is 5.67. The van der Waals surface area contributed by atoms with Crippen molar-refractivity contribution in [2.24, 2.45) is 4.99 Å². The molecule has 1 unspecified atom stereocenters. The third kappa shape index (κ3) is 5.15. The molecule has 1 aliphatic carbocycles. The zero-order chi connectivity index (χ0) is 16.0. The number of hydrogen-bond donors (Lipinski definition) is 2. The Morgan fingerprint density at radius 2 is 2.13 bits per heavy atom. The summed E-state index contributed by atoms with van der Waals surface area (Å²) in [5, 5.41) is 6.78. The smallest absolute Gasteiger partial charge is 0.191 e. The summed E-state index contributed by atoms with van der Waals surface area (Å²) in [5.41, 5.74) is 0. The summed E-state index contributed by atoms with van der Waals surface area (Å²) >= 11 is 1.97. The molecular weight excluding hydrogens is 306 g/mol. The van der Waals surface area contributed by atoms with Crippen molar-refractivity contribution >= 4 is 17.7 Å². The molecule has 2 N–H and O–H groups in total. The van der Waals surface area contributed by atoms with Gasteiger partial charge in [0.2, 0.25) is 0 Å². The largest absolute Gasteiger partial charge is 0.376 e. The highest BCUT2D eigenvalue weighted by molar-refractivity contribution is 8.01. The molecule has 4 nitrogen and oxygen atoms in total. The lowest BCUT2D eigenvalue weighted by atomic mass is 10.2. The Morgan fingerprint density at radius 3 is 2.78 bits per heavy atom. The van der Waals surface area contributed by atoms with Gasteiger partial charge in [-0.15, -0.1) is 11.8 Å². The number of thioether (sulfide) groups is 1. The topological polar surface area (TPSA) is 45.7 Å². The van der Waals surface area contributed by atoms with Gasteiger partial charge in [-0.1, -0.05) is 18.2 Å². The molecule has 0 bridgehead atoms. The van der Waals surface area contributed by atoms with Crippen molar-refractivity contribution < 1.29 is 4.74 Å². The molecule has 0 radical (unpaired) electrons. The Kier molecular flexibility index (Phi) is 5.84. The van der Waals surface area contributed by atoms with E-state index in [2.05, 4.69) is 47.9 Å². The number of ether oxygens (including phenoxy) is 1. The van der Waals surface area contributed by atoms with E-state index in [9.17, 15) is 0 Å². The van der Waals surface area contributed by atoms with Crippen LogP contribution in [-0.2, 0) is 4.74 Å². The molecule has 0 spiro atoms. The van der Waals surface area contributed by atoms with Crippen LogP contribution >= 0.6 is 11.8 Å². The van der Waals surface area contributed by atoms with Crippen molar-refractivity contribution in [3.8, 4) is 0 Å². The van der Waals surface area contributed by atoms with E-state index >= 15 is 0 Å². The predicted molar refractivity (Wildman–Crippen MR) is 97.2 cm³/mol. The predicted octanol–water partition coefficient (Wildman–Crippen LogP) is 3.05. The molecule has 1 aromatic carbocycles. The SMILES string of the molecule is CCNC(=NCC1(Sc2ccccc2)CC1)NCC1CCCO1. The number of nitrogens with zero attached hydrogens (tertiary/aromatic N) is 1. The summed E-state index contributed by atoms with van der Waals surface area (Å²) in [6.45, 7) is 5.61. The van der Waals surface area contributed by atoms with Crippen molar-refractivity contribution in [2.75, 3.05) is 26.2 Å². The van der Waals surface area contributed by atoms with E-state index < -0.39 is 0 Å². The van der Waals surface area contributed by atoms with Gasteiger partial charge in [0.1, 0.15) is 0 Å². The van der Waals surface area contributed by atoms with Gasteiger partial charge in [0.15, 0.2) is 5.96 Å². The van der Waals surface area contributed by atoms with E-state index in [4.69, 9.17) is 9.73 Å². The number of rotatable bonds is 7. The van der Waals surface area contributed by atoms with Crippen LogP contribution in [0.15, 0.2) is 40.2 Å². The van der Waals surface area contributed by atoms with Crippen molar-refractivity contribution in [3.05, 3.63) is 30.3 Å². The fourth-order valence-corrected chi connectivity index (χ4v) is 3.98. The molecule has 1 saturated carbocycles. The Morgan fingerprint density at radius 1 is 1.30 bits per heavy atom. The summed E-state index contributed by atoms with van der Waals surface area (Å²) in [6.07, 6.45) is 5.17. The molecule has 0 amide bonds. The lowest BCUT2D eigenvalue weighted by molar-refractivity contribution is 0.114. The number of guanidine groups is 1. The summed E-state index contributed by atoms with van der Waals surface area (Å²) in [5.74, 6) is 0.919. The van der Waals surface area contributed by atoms with Gasteiger partial charge in [-0.2, -0.15) is 0 Å². The lowest BCUT2D eigenvalue weighted by Gasteiger charge is -2.17. The third-order valence-electron chi connectivity index (χ3n) is 4.28. The van der Waals surface area contributed by atoms with Crippen LogP contribution < -0.4 is 10.6 Å². The standard InChI is InChI=1S/C18H27N3OS/c1-2-19-17(20-13-15-7-6-12-22-15)21-14-18(10-11-18)23-16-8-4-3-5-9-16/h3-5,8-9,15H,2,6-7,10-14H2,1H3,(H2,19,20,21). The molecule has 1 heterocycles. The first-order valence-corrected chi connectivity index (χ1v) is 9.49. The van der Waals surface area contributed by atoms with Crippen molar-refractivity contribution in [1.82, 2.24) is 10.6 Å². The molecule has 1 atom stereocenters. The molecule has 126 valence electrons. The van der Waals surface area contributed by atoms with Crippen LogP contribution in [0.2, 0.25) is 0 Å². The van der Waals surface area contributed by atoms with E-state index in [1.165, 1.54) is 24.2 Å². The monoisotopic (exact) mass is 333 g/mol. The Labute approximate surface area is 143 Å². The van der Waals surface area contributed by atoms with Crippen LogP contribution in [0.4, 0.5) is 0 Å². The number of nitrogens with one attached hydrogen (secondary N) is 2. The fourth-order valence-electron chi connectivity index (χ4n) is 2.75. The number of hydrogen-bond acceptors (Lipinski definition) is 3. The first-order chi connectivity index (χ1) is 11.3. The molecule has 2 aliphatic rings. The summed E-state index contributed by atoms with van der Waals surface area (Å²) < 4.78 is 5.97. The first kappa shape index (κ1) is 16.7. The molecule has 1 aromatic rings. The average Bonchev–Trinajstić information content (AvgIpc) is 3.13. The number of aliphatic imine (C=N–C) groups is 1. The van der Waals surface area contributed by atoms with Gasteiger partial charge in [-0.3, -0.25) is 4.99 Å².